The first-order chi connectivity index (χ1) is 13.8. The third-order valence-corrected chi connectivity index (χ3v) is 4.21. The highest BCUT2D eigenvalue weighted by Gasteiger charge is 2.33. The molecule has 3 amide bonds. The number of hydrogen-bond donors (Lipinski definition) is 7. The van der Waals surface area contributed by atoms with E-state index in [-0.39, 0.29) is 0 Å². The number of amides is 3. The molecule has 0 aliphatic rings. The number of nitrogens with one attached hydrogen (secondary N) is 3. The van der Waals surface area contributed by atoms with Crippen molar-refractivity contribution in [1.29, 1.82) is 0 Å². The van der Waals surface area contributed by atoms with Crippen LogP contribution < -0.4 is 21.7 Å². The van der Waals surface area contributed by atoms with Crippen LogP contribution in [0.15, 0.2) is 0 Å². The van der Waals surface area contributed by atoms with E-state index in [1.807, 2.05) is 5.32 Å². The molecule has 0 radical (unpaired) electrons. The number of carboxylic acid groups (broad SMARTS) is 3. The molecule has 0 aliphatic heterocycles. The van der Waals surface area contributed by atoms with Crippen LogP contribution in [-0.4, -0.2) is 75.1 Å². The van der Waals surface area contributed by atoms with Crippen molar-refractivity contribution in [3.05, 3.63) is 0 Å². The molecule has 0 aliphatic carbocycles. The lowest BCUT2D eigenvalue weighted by molar-refractivity contribution is -0.148. The van der Waals surface area contributed by atoms with Crippen molar-refractivity contribution >= 4 is 35.6 Å². The SMILES string of the molecule is CCC(C)C(NC(=O)C(C)N)C(=O)NC(CC(=O)O)C(=O)NC(CC(=O)O)C(=O)O. The molecule has 0 spiro atoms. The van der Waals surface area contributed by atoms with E-state index in [2.05, 4.69) is 10.6 Å². The molecule has 0 saturated carbocycles. The zero-order valence-corrected chi connectivity index (χ0v) is 16.9. The molecule has 0 aromatic heterocycles. The molecular formula is C17H28N4O9. The average Bonchev–Trinajstić information content (AvgIpc) is 2.62. The summed E-state index contributed by atoms with van der Waals surface area (Å²) in [5, 5.41) is 33.3. The maximum absolute atomic E-state index is 12.6. The van der Waals surface area contributed by atoms with E-state index in [0.717, 1.165) is 0 Å². The van der Waals surface area contributed by atoms with Crippen molar-refractivity contribution < 1.29 is 44.1 Å². The summed E-state index contributed by atoms with van der Waals surface area (Å²) in [4.78, 5) is 69.8. The van der Waals surface area contributed by atoms with Gasteiger partial charge in [-0.05, 0) is 12.8 Å². The van der Waals surface area contributed by atoms with Gasteiger partial charge in [0.25, 0.3) is 0 Å². The molecule has 5 unspecified atom stereocenters. The third kappa shape index (κ3) is 9.32. The largest absolute Gasteiger partial charge is 0.481 e. The fourth-order valence-electron chi connectivity index (χ4n) is 2.28. The summed E-state index contributed by atoms with van der Waals surface area (Å²) in [5.41, 5.74) is 5.48. The number of carbonyl (C=O) groups excluding carboxylic acids is 3. The van der Waals surface area contributed by atoms with Gasteiger partial charge in [-0.2, -0.15) is 0 Å². The van der Waals surface area contributed by atoms with Crippen LogP contribution in [0, 0.1) is 5.92 Å². The monoisotopic (exact) mass is 432 g/mol. The Hall–Kier alpha value is -3.22. The van der Waals surface area contributed by atoms with Gasteiger partial charge in [-0.25, -0.2) is 4.79 Å². The van der Waals surface area contributed by atoms with Gasteiger partial charge in [0, 0.05) is 0 Å². The molecule has 0 heterocycles. The van der Waals surface area contributed by atoms with Crippen LogP contribution in [0.4, 0.5) is 0 Å². The Morgan fingerprint density at radius 2 is 1.23 bits per heavy atom. The van der Waals surface area contributed by atoms with Gasteiger partial charge >= 0.3 is 17.9 Å². The highest BCUT2D eigenvalue weighted by atomic mass is 16.4. The van der Waals surface area contributed by atoms with E-state index in [9.17, 15) is 28.8 Å². The van der Waals surface area contributed by atoms with Gasteiger partial charge in [0.05, 0.1) is 18.9 Å². The molecule has 0 rings (SSSR count). The lowest BCUT2D eigenvalue weighted by Gasteiger charge is -2.27. The van der Waals surface area contributed by atoms with Gasteiger partial charge in [0.1, 0.15) is 18.1 Å². The molecule has 13 nitrogen and oxygen atoms in total. The summed E-state index contributed by atoms with van der Waals surface area (Å²) in [6.45, 7) is 4.79. The molecule has 5 atom stereocenters. The Balaban J connectivity index is 5.53. The van der Waals surface area contributed by atoms with Gasteiger partial charge in [0.15, 0.2) is 0 Å². The third-order valence-electron chi connectivity index (χ3n) is 4.21. The molecule has 0 fully saturated rings. The van der Waals surface area contributed by atoms with Crippen LogP contribution >= 0.6 is 0 Å². The minimum absolute atomic E-state index is 0.403. The Morgan fingerprint density at radius 1 is 0.767 bits per heavy atom. The zero-order chi connectivity index (χ0) is 23.6. The van der Waals surface area contributed by atoms with E-state index >= 15 is 0 Å². The van der Waals surface area contributed by atoms with Crippen LogP contribution in [0.25, 0.3) is 0 Å². The van der Waals surface area contributed by atoms with E-state index in [1.54, 1.807) is 13.8 Å². The molecule has 0 bridgehead atoms. The Labute approximate surface area is 172 Å². The lowest BCUT2D eigenvalue weighted by Crippen LogP contribution is -2.58. The van der Waals surface area contributed by atoms with Crippen LogP contribution in [0.2, 0.25) is 0 Å². The second-order valence-corrected chi connectivity index (χ2v) is 6.82. The first kappa shape index (κ1) is 26.8. The number of aliphatic carboxylic acids is 3. The molecule has 0 aromatic carbocycles. The van der Waals surface area contributed by atoms with Crippen molar-refractivity contribution in [2.45, 2.75) is 64.2 Å². The number of carbonyl (C=O) groups is 6. The van der Waals surface area contributed by atoms with Crippen molar-refractivity contribution in [3.8, 4) is 0 Å². The van der Waals surface area contributed by atoms with Crippen molar-refractivity contribution in [3.63, 3.8) is 0 Å². The summed E-state index contributed by atoms with van der Waals surface area (Å²) in [6.07, 6.45) is -1.40. The molecule has 8 N–H and O–H groups in total. The molecule has 30 heavy (non-hydrogen) atoms. The number of carboxylic acids is 3. The van der Waals surface area contributed by atoms with Crippen molar-refractivity contribution in [2.75, 3.05) is 0 Å². The molecular weight excluding hydrogens is 404 g/mol. The van der Waals surface area contributed by atoms with Crippen LogP contribution in [0.3, 0.4) is 0 Å². The molecule has 13 heteroatoms. The Morgan fingerprint density at radius 3 is 1.63 bits per heavy atom. The lowest BCUT2D eigenvalue weighted by atomic mass is 9.97. The van der Waals surface area contributed by atoms with Crippen molar-refractivity contribution in [2.24, 2.45) is 11.7 Å². The van der Waals surface area contributed by atoms with Gasteiger partial charge < -0.3 is 37.0 Å². The first-order valence-corrected chi connectivity index (χ1v) is 9.13. The summed E-state index contributed by atoms with van der Waals surface area (Å²) in [5.74, 6) is -7.72. The van der Waals surface area contributed by atoms with Gasteiger partial charge in [-0.3, -0.25) is 24.0 Å². The standard InChI is InChI=1S/C17H28N4O9/c1-4-7(2)13(21-14(26)8(3)18)16(28)19-9(5-11(22)23)15(27)20-10(17(29)30)6-12(24)25/h7-10,13H,4-6,18H2,1-3H3,(H,19,28)(H,20,27)(H,21,26)(H,22,23)(H,24,25)(H,29,30). The van der Waals surface area contributed by atoms with Gasteiger partial charge in [-0.15, -0.1) is 0 Å². The maximum Gasteiger partial charge on any atom is 0.326 e. The van der Waals surface area contributed by atoms with Crippen LogP contribution in [0.1, 0.15) is 40.0 Å². The minimum atomic E-state index is -1.83. The van der Waals surface area contributed by atoms with E-state index in [0.29, 0.717) is 6.42 Å². The Kier molecular flexibility index (Phi) is 11.0. The topological polar surface area (TPSA) is 225 Å². The highest BCUT2D eigenvalue weighted by Crippen LogP contribution is 2.09. The fourth-order valence-corrected chi connectivity index (χ4v) is 2.28. The van der Waals surface area contributed by atoms with Crippen LogP contribution in [-0.2, 0) is 28.8 Å². The number of hydrogen-bond acceptors (Lipinski definition) is 7. The van der Waals surface area contributed by atoms with E-state index < -0.39 is 78.6 Å². The minimum Gasteiger partial charge on any atom is -0.481 e. The second kappa shape index (κ2) is 12.4. The first-order valence-electron chi connectivity index (χ1n) is 9.13. The van der Waals surface area contributed by atoms with Gasteiger partial charge in [-0.1, -0.05) is 20.3 Å². The fraction of sp³-hybridized carbons (Fsp3) is 0.647. The Bertz CT molecular complexity index is 680. The molecule has 0 saturated heterocycles. The summed E-state index contributed by atoms with van der Waals surface area (Å²) in [7, 11) is 0. The number of nitrogens with two attached hydrogens (primary N) is 1. The summed E-state index contributed by atoms with van der Waals surface area (Å²) in [6, 6.07) is -5.59. The summed E-state index contributed by atoms with van der Waals surface area (Å²) < 4.78 is 0. The van der Waals surface area contributed by atoms with Crippen LogP contribution in [0.5, 0.6) is 0 Å². The quantitative estimate of drug-likeness (QED) is 0.167. The van der Waals surface area contributed by atoms with E-state index in [4.69, 9.17) is 21.1 Å². The number of rotatable bonds is 13. The normalized spacial score (nSPS) is 15.6. The molecule has 170 valence electrons. The van der Waals surface area contributed by atoms with Gasteiger partial charge in [0.2, 0.25) is 17.7 Å². The predicted molar refractivity (Wildman–Crippen MR) is 101 cm³/mol. The maximum atomic E-state index is 12.6. The predicted octanol–water partition coefficient (Wildman–Crippen LogP) is -2.13. The molecule has 0 aromatic rings. The summed E-state index contributed by atoms with van der Waals surface area (Å²) >= 11 is 0. The highest BCUT2D eigenvalue weighted by molar-refractivity contribution is 5.96. The second-order valence-electron chi connectivity index (χ2n) is 6.82. The van der Waals surface area contributed by atoms with Crippen molar-refractivity contribution in [1.82, 2.24) is 16.0 Å². The smallest absolute Gasteiger partial charge is 0.326 e. The zero-order valence-electron chi connectivity index (χ0n) is 16.9. The van der Waals surface area contributed by atoms with E-state index in [1.165, 1.54) is 6.92 Å². The average molecular weight is 432 g/mol.